The number of H-pyrrole nitrogens is 1. The van der Waals surface area contributed by atoms with Gasteiger partial charge in [0.25, 0.3) is 5.56 Å². The molecular weight excluding hydrogens is 410 g/mol. The molecule has 1 amide bonds. The minimum Gasteiger partial charge on any atom is -0.493 e. The second kappa shape index (κ2) is 9.83. The molecule has 1 aromatic carbocycles. The molecule has 3 rings (SSSR count). The standard InChI is InChI=1S/C23H25N5O4/c1-14-17(15(2)26-23(30)18(14)12-24)8-9-21(29)27-20-10-11-25-28(20)13-16-6-5-7-19(31-3)22(16)32-4/h5-7,10-11H,8-9,13H2,1-4H3,(H,26,30)(H,27,29). The highest BCUT2D eigenvalue weighted by Crippen LogP contribution is 2.31. The third-order valence-electron chi connectivity index (χ3n) is 5.31. The SMILES string of the molecule is COc1cccc(Cn2nccc2NC(=O)CCc2c(C)[nH]c(=O)c(C#N)c2C)c1OC. The lowest BCUT2D eigenvalue weighted by atomic mass is 9.99. The molecule has 0 saturated carbocycles. The number of nitriles is 1. The fourth-order valence-electron chi connectivity index (χ4n) is 3.67. The Kier molecular flexibility index (Phi) is 6.95. The van der Waals surface area contributed by atoms with Crippen molar-refractivity contribution in [3.05, 3.63) is 68.8 Å². The number of rotatable bonds is 8. The lowest BCUT2D eigenvalue weighted by Gasteiger charge is -2.14. The van der Waals surface area contributed by atoms with E-state index < -0.39 is 5.56 Å². The van der Waals surface area contributed by atoms with Gasteiger partial charge in [0.2, 0.25) is 5.91 Å². The number of carbonyl (C=O) groups is 1. The Balaban J connectivity index is 1.72. The van der Waals surface area contributed by atoms with E-state index in [0.29, 0.717) is 41.5 Å². The third kappa shape index (κ3) is 4.64. The van der Waals surface area contributed by atoms with Gasteiger partial charge in [-0.05, 0) is 37.5 Å². The largest absolute Gasteiger partial charge is 0.493 e. The summed E-state index contributed by atoms with van der Waals surface area (Å²) < 4.78 is 12.5. The van der Waals surface area contributed by atoms with Crippen LogP contribution in [0.2, 0.25) is 0 Å². The fraction of sp³-hybridized carbons (Fsp3) is 0.304. The van der Waals surface area contributed by atoms with Crippen LogP contribution in [-0.2, 0) is 17.8 Å². The number of para-hydroxylation sites is 1. The number of hydrogen-bond donors (Lipinski definition) is 2. The molecule has 3 aromatic rings. The highest BCUT2D eigenvalue weighted by molar-refractivity contribution is 5.90. The molecule has 0 spiro atoms. The van der Waals surface area contributed by atoms with Gasteiger partial charge in [-0.3, -0.25) is 9.59 Å². The fourth-order valence-corrected chi connectivity index (χ4v) is 3.67. The summed E-state index contributed by atoms with van der Waals surface area (Å²) in [5.41, 5.74) is 2.59. The highest BCUT2D eigenvalue weighted by atomic mass is 16.5. The number of aromatic nitrogens is 3. The summed E-state index contributed by atoms with van der Waals surface area (Å²) in [5.74, 6) is 1.58. The van der Waals surface area contributed by atoms with Crippen molar-refractivity contribution in [2.45, 2.75) is 33.2 Å². The smallest absolute Gasteiger partial charge is 0.266 e. The Morgan fingerprint density at radius 2 is 2.03 bits per heavy atom. The number of carbonyl (C=O) groups excluding carboxylic acids is 1. The zero-order valence-electron chi connectivity index (χ0n) is 18.5. The molecule has 2 heterocycles. The number of methoxy groups -OCH3 is 2. The van der Waals surface area contributed by atoms with Crippen molar-refractivity contribution in [3.8, 4) is 17.6 Å². The van der Waals surface area contributed by atoms with E-state index in [2.05, 4.69) is 15.4 Å². The molecular formula is C23H25N5O4. The van der Waals surface area contributed by atoms with Crippen LogP contribution < -0.4 is 20.3 Å². The quantitative estimate of drug-likeness (QED) is 0.561. The average molecular weight is 435 g/mol. The number of aromatic amines is 1. The van der Waals surface area contributed by atoms with E-state index in [1.54, 1.807) is 45.0 Å². The van der Waals surface area contributed by atoms with Gasteiger partial charge in [-0.1, -0.05) is 12.1 Å². The minimum absolute atomic E-state index is 0.0799. The van der Waals surface area contributed by atoms with Crippen LogP contribution in [0.1, 0.15) is 34.4 Å². The normalized spacial score (nSPS) is 10.5. The molecule has 0 bridgehead atoms. The van der Waals surface area contributed by atoms with E-state index in [4.69, 9.17) is 9.47 Å². The summed E-state index contributed by atoms with van der Waals surface area (Å²) in [6.45, 7) is 3.87. The first kappa shape index (κ1) is 22.6. The molecule has 2 aromatic heterocycles. The number of anilines is 1. The molecule has 0 aliphatic rings. The number of amides is 1. The Bertz CT molecular complexity index is 1240. The summed E-state index contributed by atoms with van der Waals surface area (Å²) in [4.78, 5) is 27.2. The van der Waals surface area contributed by atoms with Gasteiger partial charge < -0.3 is 19.8 Å². The summed E-state index contributed by atoms with van der Waals surface area (Å²) >= 11 is 0. The first-order chi connectivity index (χ1) is 15.4. The van der Waals surface area contributed by atoms with Crippen molar-refractivity contribution in [3.63, 3.8) is 0 Å². The molecule has 32 heavy (non-hydrogen) atoms. The van der Waals surface area contributed by atoms with Gasteiger partial charge >= 0.3 is 0 Å². The lowest BCUT2D eigenvalue weighted by molar-refractivity contribution is -0.116. The lowest BCUT2D eigenvalue weighted by Crippen LogP contribution is -2.19. The maximum absolute atomic E-state index is 12.6. The summed E-state index contributed by atoms with van der Waals surface area (Å²) in [6, 6.07) is 9.23. The second-order valence-electron chi connectivity index (χ2n) is 7.24. The summed E-state index contributed by atoms with van der Waals surface area (Å²) in [6.07, 6.45) is 2.19. The van der Waals surface area contributed by atoms with Crippen LogP contribution in [0.15, 0.2) is 35.3 Å². The van der Waals surface area contributed by atoms with Crippen LogP contribution in [0.4, 0.5) is 5.82 Å². The predicted molar refractivity (Wildman–Crippen MR) is 119 cm³/mol. The summed E-state index contributed by atoms with van der Waals surface area (Å²) in [5, 5.41) is 16.4. The summed E-state index contributed by atoms with van der Waals surface area (Å²) in [7, 11) is 3.15. The predicted octanol–water partition coefficient (Wildman–Crippen LogP) is 2.70. The molecule has 0 aliphatic heterocycles. The Morgan fingerprint density at radius 1 is 1.25 bits per heavy atom. The molecule has 0 saturated heterocycles. The Labute approximate surface area is 185 Å². The van der Waals surface area contributed by atoms with Gasteiger partial charge in [0.1, 0.15) is 17.5 Å². The molecule has 0 aliphatic carbocycles. The third-order valence-corrected chi connectivity index (χ3v) is 5.31. The number of aryl methyl sites for hydroxylation is 1. The number of nitrogens with one attached hydrogen (secondary N) is 2. The number of ether oxygens (including phenoxy) is 2. The van der Waals surface area contributed by atoms with Crippen molar-refractivity contribution < 1.29 is 14.3 Å². The number of pyridine rings is 1. The first-order valence-electron chi connectivity index (χ1n) is 10.0. The van der Waals surface area contributed by atoms with Crippen molar-refractivity contribution in [2.75, 3.05) is 19.5 Å². The average Bonchev–Trinajstić information content (AvgIpc) is 3.19. The first-order valence-corrected chi connectivity index (χ1v) is 10.0. The molecule has 166 valence electrons. The van der Waals surface area contributed by atoms with Crippen LogP contribution in [0.25, 0.3) is 0 Å². The van der Waals surface area contributed by atoms with Crippen LogP contribution in [-0.4, -0.2) is 34.9 Å². The van der Waals surface area contributed by atoms with E-state index in [1.165, 1.54) is 0 Å². The number of nitrogens with zero attached hydrogens (tertiary/aromatic N) is 3. The molecule has 2 N–H and O–H groups in total. The zero-order valence-corrected chi connectivity index (χ0v) is 18.5. The van der Waals surface area contributed by atoms with Crippen LogP contribution in [0.3, 0.4) is 0 Å². The zero-order chi connectivity index (χ0) is 23.3. The molecule has 0 fully saturated rings. The molecule has 0 atom stereocenters. The van der Waals surface area contributed by atoms with Crippen LogP contribution in [0.5, 0.6) is 11.5 Å². The minimum atomic E-state index is -0.410. The number of benzene rings is 1. The second-order valence-corrected chi connectivity index (χ2v) is 7.24. The molecule has 9 nitrogen and oxygen atoms in total. The van der Waals surface area contributed by atoms with Gasteiger partial charge in [-0.25, -0.2) is 4.68 Å². The van der Waals surface area contributed by atoms with Crippen molar-refractivity contribution in [1.82, 2.24) is 14.8 Å². The topological polar surface area (TPSA) is 122 Å². The van der Waals surface area contributed by atoms with Crippen LogP contribution >= 0.6 is 0 Å². The number of hydrogen-bond acceptors (Lipinski definition) is 6. The van der Waals surface area contributed by atoms with E-state index in [1.807, 2.05) is 24.3 Å². The highest BCUT2D eigenvalue weighted by Gasteiger charge is 2.16. The maximum atomic E-state index is 12.6. The monoisotopic (exact) mass is 435 g/mol. The van der Waals surface area contributed by atoms with Crippen molar-refractivity contribution >= 4 is 11.7 Å². The van der Waals surface area contributed by atoms with Crippen LogP contribution in [0, 0.1) is 25.2 Å². The van der Waals surface area contributed by atoms with Gasteiger partial charge in [0, 0.05) is 23.7 Å². The van der Waals surface area contributed by atoms with Gasteiger partial charge in [0.15, 0.2) is 11.5 Å². The Hall–Kier alpha value is -4.06. The Morgan fingerprint density at radius 3 is 2.72 bits per heavy atom. The van der Waals surface area contributed by atoms with E-state index in [-0.39, 0.29) is 17.9 Å². The molecule has 9 heteroatoms. The van der Waals surface area contributed by atoms with Gasteiger partial charge in [-0.15, -0.1) is 0 Å². The molecule has 0 unspecified atom stereocenters. The maximum Gasteiger partial charge on any atom is 0.266 e. The van der Waals surface area contributed by atoms with E-state index in [0.717, 1.165) is 11.1 Å². The molecule has 0 radical (unpaired) electrons. The van der Waals surface area contributed by atoms with E-state index >= 15 is 0 Å². The van der Waals surface area contributed by atoms with Crippen molar-refractivity contribution in [1.29, 1.82) is 5.26 Å². The van der Waals surface area contributed by atoms with Gasteiger partial charge in [0.05, 0.1) is 27.0 Å². The van der Waals surface area contributed by atoms with Crippen molar-refractivity contribution in [2.24, 2.45) is 0 Å². The van der Waals surface area contributed by atoms with E-state index in [9.17, 15) is 14.9 Å². The van der Waals surface area contributed by atoms with Gasteiger partial charge in [-0.2, -0.15) is 10.4 Å².